The van der Waals surface area contributed by atoms with Gasteiger partial charge in [0.05, 0.1) is 36.7 Å². The standard InChI is InChI=1S/C36H41N3O6/c1-5-44-27-16-14-25(15-17-27)37-32(41)28-29-34(43)39(26(21-40)20-24-12-7-6-8-13-24)31(36(29)19-18-35(28,4)45-36)33(42)38-30-22(2)10-9-11-23(30)3/h6-17,26,28-29,31,40H,5,18-21H2,1-4H3,(H,37,41)(H,38,42)/t26-,28-,29+,31?,35+,36?/m1/s1. The zero-order chi connectivity index (χ0) is 31.9. The second kappa shape index (κ2) is 11.9. The average molecular weight is 612 g/mol. The van der Waals surface area contributed by atoms with Crippen LogP contribution >= 0.6 is 0 Å². The summed E-state index contributed by atoms with van der Waals surface area (Å²) in [6.45, 7) is 7.80. The molecule has 0 saturated carbocycles. The zero-order valence-corrected chi connectivity index (χ0v) is 26.2. The SMILES string of the molecule is CCOc1ccc(NC(=O)[C@H]2[C@H]3C(=O)N([C@@H](CO)Cc4ccccc4)C(C(=O)Nc4c(C)cccc4C)C34CC[C@]2(C)O4)cc1. The molecular weight excluding hydrogens is 570 g/mol. The van der Waals surface area contributed by atoms with Crippen LogP contribution in [0.2, 0.25) is 0 Å². The molecule has 3 aliphatic heterocycles. The summed E-state index contributed by atoms with van der Waals surface area (Å²) in [5, 5.41) is 16.8. The van der Waals surface area contributed by atoms with Crippen LogP contribution in [0.4, 0.5) is 11.4 Å². The first-order valence-electron chi connectivity index (χ1n) is 15.7. The first kappa shape index (κ1) is 30.8. The van der Waals surface area contributed by atoms with E-state index in [-0.39, 0.29) is 24.3 Å². The summed E-state index contributed by atoms with van der Waals surface area (Å²) in [7, 11) is 0. The molecule has 2 bridgehead atoms. The number of nitrogens with zero attached hydrogens (tertiary/aromatic N) is 1. The molecule has 6 atom stereocenters. The first-order valence-corrected chi connectivity index (χ1v) is 15.7. The van der Waals surface area contributed by atoms with E-state index in [1.165, 1.54) is 4.90 Å². The third kappa shape index (κ3) is 5.27. The molecule has 3 N–H and O–H groups in total. The molecule has 0 aromatic heterocycles. The molecule has 3 saturated heterocycles. The molecule has 0 aliphatic carbocycles. The highest BCUT2D eigenvalue weighted by Crippen LogP contribution is 2.63. The van der Waals surface area contributed by atoms with Crippen LogP contribution in [0.1, 0.15) is 43.4 Å². The van der Waals surface area contributed by atoms with E-state index in [0.717, 1.165) is 16.7 Å². The lowest BCUT2D eigenvalue weighted by Crippen LogP contribution is -2.57. The number of aryl methyl sites for hydroxylation is 2. The summed E-state index contributed by atoms with van der Waals surface area (Å²) in [5.74, 6) is -2.09. The van der Waals surface area contributed by atoms with Gasteiger partial charge in [0.2, 0.25) is 17.7 Å². The largest absolute Gasteiger partial charge is 0.494 e. The predicted octanol–water partition coefficient (Wildman–Crippen LogP) is 4.65. The van der Waals surface area contributed by atoms with Crippen LogP contribution in [0.25, 0.3) is 0 Å². The molecule has 0 radical (unpaired) electrons. The van der Waals surface area contributed by atoms with E-state index in [0.29, 0.717) is 43.0 Å². The topological polar surface area (TPSA) is 117 Å². The van der Waals surface area contributed by atoms with E-state index in [9.17, 15) is 19.5 Å². The Morgan fingerprint density at radius 2 is 1.67 bits per heavy atom. The van der Waals surface area contributed by atoms with E-state index in [1.54, 1.807) is 24.3 Å². The van der Waals surface area contributed by atoms with Crippen LogP contribution in [0.15, 0.2) is 72.8 Å². The molecule has 3 fully saturated rings. The number of aliphatic hydroxyl groups is 1. The lowest BCUT2D eigenvalue weighted by atomic mass is 9.66. The molecular formula is C36H41N3O6. The van der Waals surface area contributed by atoms with Gasteiger partial charge in [-0.1, -0.05) is 48.5 Å². The van der Waals surface area contributed by atoms with Gasteiger partial charge >= 0.3 is 0 Å². The number of fused-ring (bicyclic) bond motifs is 1. The molecule has 3 aromatic carbocycles. The number of anilines is 2. The van der Waals surface area contributed by atoms with Crippen molar-refractivity contribution in [2.24, 2.45) is 11.8 Å². The van der Waals surface area contributed by atoms with Crippen molar-refractivity contribution in [2.75, 3.05) is 23.8 Å². The average Bonchev–Trinajstić information content (AvgIpc) is 3.60. The van der Waals surface area contributed by atoms with E-state index in [4.69, 9.17) is 9.47 Å². The Balaban J connectivity index is 1.38. The lowest BCUT2D eigenvalue weighted by molar-refractivity contribution is -0.146. The second-order valence-electron chi connectivity index (χ2n) is 12.7. The van der Waals surface area contributed by atoms with Crippen LogP contribution in [-0.4, -0.2) is 64.2 Å². The Labute approximate surface area is 263 Å². The molecule has 2 unspecified atom stereocenters. The van der Waals surface area contributed by atoms with Gasteiger partial charge in [0.1, 0.15) is 17.4 Å². The van der Waals surface area contributed by atoms with Crippen LogP contribution in [0.5, 0.6) is 5.75 Å². The molecule has 6 rings (SSSR count). The van der Waals surface area contributed by atoms with E-state index < -0.39 is 35.1 Å². The number of ether oxygens (including phenoxy) is 2. The third-order valence-electron chi connectivity index (χ3n) is 9.83. The Morgan fingerprint density at radius 1 is 0.978 bits per heavy atom. The summed E-state index contributed by atoms with van der Waals surface area (Å²) in [4.78, 5) is 44.7. The third-order valence-corrected chi connectivity index (χ3v) is 9.83. The van der Waals surface area contributed by atoms with Crippen molar-refractivity contribution in [2.45, 2.75) is 70.2 Å². The first-order chi connectivity index (χ1) is 21.6. The predicted molar refractivity (Wildman–Crippen MR) is 171 cm³/mol. The van der Waals surface area contributed by atoms with E-state index in [2.05, 4.69) is 10.6 Å². The smallest absolute Gasteiger partial charge is 0.250 e. The summed E-state index contributed by atoms with van der Waals surface area (Å²) >= 11 is 0. The number of para-hydroxylation sites is 1. The van der Waals surface area contributed by atoms with Crippen molar-refractivity contribution in [3.05, 3.63) is 89.5 Å². The summed E-state index contributed by atoms with van der Waals surface area (Å²) in [5.41, 5.74) is 1.81. The highest BCUT2D eigenvalue weighted by atomic mass is 16.5. The van der Waals surface area contributed by atoms with Crippen LogP contribution in [0.3, 0.4) is 0 Å². The minimum Gasteiger partial charge on any atom is -0.494 e. The molecule has 9 heteroatoms. The number of carbonyl (C=O) groups excluding carboxylic acids is 3. The maximum atomic E-state index is 14.6. The van der Waals surface area contributed by atoms with Gasteiger partial charge in [0, 0.05) is 11.4 Å². The van der Waals surface area contributed by atoms with Gasteiger partial charge < -0.3 is 30.1 Å². The van der Waals surface area contributed by atoms with E-state index in [1.807, 2.05) is 76.2 Å². The summed E-state index contributed by atoms with van der Waals surface area (Å²) in [6.07, 6.45) is 1.30. The van der Waals surface area contributed by atoms with Crippen molar-refractivity contribution in [3.8, 4) is 5.75 Å². The number of likely N-dealkylation sites (tertiary alicyclic amines) is 1. The van der Waals surface area contributed by atoms with Gasteiger partial charge in [-0.25, -0.2) is 0 Å². The molecule has 9 nitrogen and oxygen atoms in total. The maximum Gasteiger partial charge on any atom is 0.250 e. The number of aliphatic hydroxyl groups excluding tert-OH is 1. The number of hydrogen-bond acceptors (Lipinski definition) is 6. The van der Waals surface area contributed by atoms with Crippen LogP contribution < -0.4 is 15.4 Å². The quantitative estimate of drug-likeness (QED) is 0.307. The van der Waals surface area contributed by atoms with Gasteiger partial charge in [0.15, 0.2) is 0 Å². The van der Waals surface area contributed by atoms with Crippen molar-refractivity contribution < 1.29 is 29.0 Å². The normalized spacial score (nSPS) is 27.3. The maximum absolute atomic E-state index is 14.6. The van der Waals surface area contributed by atoms with Crippen LogP contribution in [0, 0.1) is 25.7 Å². The lowest BCUT2D eigenvalue weighted by Gasteiger charge is -2.37. The molecule has 45 heavy (non-hydrogen) atoms. The fraction of sp³-hybridized carbons (Fsp3) is 0.417. The molecule has 3 heterocycles. The van der Waals surface area contributed by atoms with Gasteiger partial charge in [-0.05, 0) is 87.9 Å². The Hall–Kier alpha value is -4.21. The highest BCUT2D eigenvalue weighted by Gasteiger charge is 2.78. The van der Waals surface area contributed by atoms with Gasteiger partial charge in [0.25, 0.3) is 0 Å². The van der Waals surface area contributed by atoms with Gasteiger partial charge in [-0.2, -0.15) is 0 Å². The minimum absolute atomic E-state index is 0.332. The number of carbonyl (C=O) groups is 3. The molecule has 3 amide bonds. The van der Waals surface area contributed by atoms with Crippen LogP contribution in [-0.2, 0) is 25.5 Å². The van der Waals surface area contributed by atoms with Gasteiger partial charge in [-0.15, -0.1) is 0 Å². The number of rotatable bonds is 10. The summed E-state index contributed by atoms with van der Waals surface area (Å²) < 4.78 is 12.3. The van der Waals surface area contributed by atoms with E-state index >= 15 is 0 Å². The fourth-order valence-electron chi connectivity index (χ4n) is 7.82. The molecule has 236 valence electrons. The highest BCUT2D eigenvalue weighted by molar-refractivity contribution is 6.05. The number of amides is 3. The van der Waals surface area contributed by atoms with Crippen molar-refractivity contribution >= 4 is 29.1 Å². The summed E-state index contributed by atoms with van der Waals surface area (Å²) in [6, 6.07) is 20.7. The fourth-order valence-corrected chi connectivity index (χ4v) is 7.82. The van der Waals surface area contributed by atoms with Gasteiger partial charge in [-0.3, -0.25) is 14.4 Å². The Kier molecular flexibility index (Phi) is 8.18. The molecule has 3 aromatic rings. The number of hydrogen-bond donors (Lipinski definition) is 3. The molecule has 3 aliphatic rings. The van der Waals surface area contributed by atoms with Crippen molar-refractivity contribution in [1.29, 1.82) is 0 Å². The van der Waals surface area contributed by atoms with Crippen molar-refractivity contribution in [3.63, 3.8) is 0 Å². The number of benzene rings is 3. The minimum atomic E-state index is -1.22. The Morgan fingerprint density at radius 3 is 2.31 bits per heavy atom. The second-order valence-corrected chi connectivity index (χ2v) is 12.7. The monoisotopic (exact) mass is 611 g/mol. The van der Waals surface area contributed by atoms with Crippen molar-refractivity contribution in [1.82, 2.24) is 4.90 Å². The zero-order valence-electron chi connectivity index (χ0n) is 26.2. The Bertz CT molecular complexity index is 1570. The molecule has 1 spiro atoms. The number of nitrogens with one attached hydrogen (secondary N) is 2.